The van der Waals surface area contributed by atoms with Crippen molar-refractivity contribution < 1.29 is 37.0 Å². The second-order valence-electron chi connectivity index (χ2n) is 7.84. The van der Waals surface area contributed by atoms with E-state index in [1.165, 1.54) is 5.92 Å². The number of hydrogen-bond donors (Lipinski definition) is 0. The molecule has 0 saturated carbocycles. The molecule has 0 N–H and O–H groups in total. The van der Waals surface area contributed by atoms with E-state index in [1.54, 1.807) is 62.3 Å². The van der Waals surface area contributed by atoms with Crippen LogP contribution in [0, 0.1) is 5.92 Å². The molecule has 122 valence electrons. The standard InChI is InChI=1S/3C4H9O.C4H9.Ti/c3*1-4(2,3)5;1-4(2)3;/h3*1-3H3;1-3H3;/q4*-1;+4. The van der Waals surface area contributed by atoms with Crippen molar-refractivity contribution in [3.8, 4) is 0 Å². The summed E-state index contributed by atoms with van der Waals surface area (Å²) in [7, 11) is 0. The number of hydrogen-bond acceptors (Lipinski definition) is 3. The van der Waals surface area contributed by atoms with E-state index in [0.717, 1.165) is 0 Å². The SMILES string of the molecule is CC(C)(C)[O-].CC(C)(C)[O-].CC(C)(C)[O-].C[C-](C)C.[Ti+4]. The first kappa shape index (κ1) is 32.5. The van der Waals surface area contributed by atoms with Gasteiger partial charge in [-0.25, -0.2) is 0 Å². The van der Waals surface area contributed by atoms with Crippen LogP contribution < -0.4 is 15.3 Å². The predicted molar refractivity (Wildman–Crippen MR) is 79.5 cm³/mol. The summed E-state index contributed by atoms with van der Waals surface area (Å²) in [6.45, 7) is 20.9. The molecule has 0 heterocycles. The van der Waals surface area contributed by atoms with Crippen LogP contribution in [-0.2, 0) is 21.7 Å². The summed E-state index contributed by atoms with van der Waals surface area (Å²) >= 11 is 0. The van der Waals surface area contributed by atoms with Gasteiger partial charge in [-0.2, -0.15) is 20.8 Å². The van der Waals surface area contributed by atoms with E-state index in [1.807, 2.05) is 0 Å². The Morgan fingerprint density at radius 1 is 0.500 bits per heavy atom. The summed E-state index contributed by atoms with van der Waals surface area (Å²) in [6.07, 6.45) is 0. The molecule has 0 aromatic rings. The van der Waals surface area contributed by atoms with E-state index in [9.17, 15) is 15.3 Å². The first-order chi connectivity index (χ1) is 7.73. The average molecular weight is 324 g/mol. The predicted octanol–water partition coefficient (Wildman–Crippen LogP) is 2.05. The van der Waals surface area contributed by atoms with Crippen LogP contribution in [0.5, 0.6) is 0 Å². The molecule has 0 aliphatic carbocycles. The van der Waals surface area contributed by atoms with Crippen LogP contribution >= 0.6 is 0 Å². The van der Waals surface area contributed by atoms with Gasteiger partial charge in [0, 0.05) is 0 Å². The first-order valence-corrected chi connectivity index (χ1v) is 6.61. The van der Waals surface area contributed by atoms with Crippen molar-refractivity contribution in [3.05, 3.63) is 5.92 Å². The normalized spacial score (nSPS) is 10.8. The molecule has 0 saturated heterocycles. The molecule has 0 unspecified atom stereocenters. The minimum atomic E-state index is -0.750. The maximum absolute atomic E-state index is 10.1. The zero-order chi connectivity index (χ0) is 17.1. The van der Waals surface area contributed by atoms with Gasteiger partial charge in [0.05, 0.1) is 0 Å². The Labute approximate surface area is 143 Å². The molecule has 0 fully saturated rings. The fourth-order valence-corrected chi connectivity index (χ4v) is 0. The molecule has 0 bridgehead atoms. The van der Waals surface area contributed by atoms with Gasteiger partial charge in [0.1, 0.15) is 0 Å². The van der Waals surface area contributed by atoms with Gasteiger partial charge in [0.25, 0.3) is 0 Å². The van der Waals surface area contributed by atoms with Gasteiger partial charge in [-0.3, -0.25) is 0 Å². The van der Waals surface area contributed by atoms with Gasteiger partial charge in [-0.1, -0.05) is 62.3 Å². The van der Waals surface area contributed by atoms with Crippen LogP contribution in [0.2, 0.25) is 0 Å². The Bertz CT molecular complexity index is 122. The Balaban J connectivity index is -0.0000000494. The third-order valence-corrected chi connectivity index (χ3v) is 0. The van der Waals surface area contributed by atoms with Crippen molar-refractivity contribution >= 4 is 0 Å². The molecular weight excluding hydrogens is 288 g/mol. The van der Waals surface area contributed by atoms with E-state index in [0.29, 0.717) is 0 Å². The minimum absolute atomic E-state index is 0. The van der Waals surface area contributed by atoms with E-state index >= 15 is 0 Å². The minimum Gasteiger partial charge on any atom is -0.850 e. The van der Waals surface area contributed by atoms with Crippen LogP contribution in [0.15, 0.2) is 0 Å². The second-order valence-corrected chi connectivity index (χ2v) is 7.84. The van der Waals surface area contributed by atoms with Gasteiger partial charge in [-0.15, -0.1) is 16.8 Å². The zero-order valence-corrected chi connectivity index (χ0v) is 17.3. The fourth-order valence-electron chi connectivity index (χ4n) is 0. The van der Waals surface area contributed by atoms with Gasteiger partial charge < -0.3 is 21.2 Å². The van der Waals surface area contributed by atoms with Crippen molar-refractivity contribution in [2.24, 2.45) is 0 Å². The van der Waals surface area contributed by atoms with Crippen LogP contribution in [0.25, 0.3) is 0 Å². The summed E-state index contributed by atoms with van der Waals surface area (Å²) in [4.78, 5) is 0. The summed E-state index contributed by atoms with van der Waals surface area (Å²) in [6, 6.07) is 0. The zero-order valence-electron chi connectivity index (χ0n) is 15.7. The molecular formula is C16H36O3Ti. The van der Waals surface area contributed by atoms with Gasteiger partial charge >= 0.3 is 21.7 Å². The Morgan fingerprint density at radius 2 is 0.500 bits per heavy atom. The summed E-state index contributed by atoms with van der Waals surface area (Å²) < 4.78 is 0. The summed E-state index contributed by atoms with van der Waals surface area (Å²) in [5.74, 6) is 1.42. The Kier molecular flexibility index (Phi) is 23.6. The van der Waals surface area contributed by atoms with Crippen LogP contribution in [-0.4, -0.2) is 16.8 Å². The molecule has 0 atom stereocenters. The number of rotatable bonds is 0. The molecule has 0 radical (unpaired) electrons. The molecule has 0 amide bonds. The summed E-state index contributed by atoms with van der Waals surface area (Å²) in [5, 5.41) is 30.3. The molecule has 0 aromatic carbocycles. The van der Waals surface area contributed by atoms with Crippen LogP contribution in [0.4, 0.5) is 0 Å². The second kappa shape index (κ2) is 14.5. The monoisotopic (exact) mass is 324 g/mol. The molecule has 20 heavy (non-hydrogen) atoms. The molecule has 0 aromatic heterocycles. The fraction of sp³-hybridized carbons (Fsp3) is 0.938. The van der Waals surface area contributed by atoms with Gasteiger partial charge in [-0.05, 0) is 0 Å². The van der Waals surface area contributed by atoms with Crippen molar-refractivity contribution in [2.45, 2.75) is 99.9 Å². The quantitative estimate of drug-likeness (QED) is 0.506. The average Bonchev–Trinajstić information content (AvgIpc) is 1.66. The molecule has 4 heteroatoms. The van der Waals surface area contributed by atoms with E-state index in [-0.39, 0.29) is 21.7 Å². The Hall–Kier alpha value is 0.594. The first-order valence-electron chi connectivity index (χ1n) is 6.61. The van der Waals surface area contributed by atoms with Gasteiger partial charge in [0.15, 0.2) is 0 Å². The molecule has 0 rings (SSSR count). The summed E-state index contributed by atoms with van der Waals surface area (Å²) in [5.41, 5.74) is -2.25. The van der Waals surface area contributed by atoms with Crippen molar-refractivity contribution in [2.75, 3.05) is 0 Å². The Morgan fingerprint density at radius 3 is 0.500 bits per heavy atom. The van der Waals surface area contributed by atoms with E-state index in [2.05, 4.69) is 20.8 Å². The van der Waals surface area contributed by atoms with Crippen molar-refractivity contribution in [3.63, 3.8) is 0 Å². The maximum atomic E-state index is 10.1. The third kappa shape index (κ3) is 16300. The van der Waals surface area contributed by atoms with Crippen molar-refractivity contribution in [1.82, 2.24) is 0 Å². The molecule has 3 nitrogen and oxygen atoms in total. The van der Waals surface area contributed by atoms with Crippen LogP contribution in [0.3, 0.4) is 0 Å². The van der Waals surface area contributed by atoms with Gasteiger partial charge in [0.2, 0.25) is 0 Å². The van der Waals surface area contributed by atoms with E-state index < -0.39 is 16.8 Å². The van der Waals surface area contributed by atoms with Crippen molar-refractivity contribution in [1.29, 1.82) is 0 Å². The van der Waals surface area contributed by atoms with E-state index in [4.69, 9.17) is 0 Å². The largest absolute Gasteiger partial charge is 4.00 e. The molecule has 0 aliphatic heterocycles. The molecule has 0 spiro atoms. The third-order valence-electron chi connectivity index (χ3n) is 0. The smallest absolute Gasteiger partial charge is 0.850 e. The maximum Gasteiger partial charge on any atom is 4.00 e. The van der Waals surface area contributed by atoms with Crippen LogP contribution in [0.1, 0.15) is 83.1 Å². The molecule has 0 aliphatic rings. The topological polar surface area (TPSA) is 69.2 Å².